The molecule has 0 unspecified atom stereocenters. The second-order valence-corrected chi connectivity index (χ2v) is 4.29. The van der Waals surface area contributed by atoms with Crippen LogP contribution in [0.1, 0.15) is 44.6 Å². The minimum absolute atomic E-state index is 0.163. The maximum atomic E-state index is 11.4. The first kappa shape index (κ1) is 16.7. The summed E-state index contributed by atoms with van der Waals surface area (Å²) in [5.74, 6) is -0.163. The van der Waals surface area contributed by atoms with E-state index in [0.717, 1.165) is 11.1 Å². The number of rotatable bonds is 9. The first-order chi connectivity index (χ1) is 9.71. The van der Waals surface area contributed by atoms with E-state index in [-0.39, 0.29) is 12.3 Å². The Labute approximate surface area is 121 Å². The first-order valence-corrected chi connectivity index (χ1v) is 7.18. The SMILES string of the molecule is CCOC(=O)CCc1cccc(C(OCC)OCC)c1. The molecule has 112 valence electrons. The van der Waals surface area contributed by atoms with E-state index in [0.29, 0.717) is 32.7 Å². The van der Waals surface area contributed by atoms with E-state index < -0.39 is 0 Å². The number of benzene rings is 1. The number of esters is 1. The largest absolute Gasteiger partial charge is 0.466 e. The normalized spacial score (nSPS) is 10.8. The Balaban J connectivity index is 2.66. The van der Waals surface area contributed by atoms with Gasteiger partial charge in [-0.1, -0.05) is 24.3 Å². The smallest absolute Gasteiger partial charge is 0.306 e. The van der Waals surface area contributed by atoms with Crippen molar-refractivity contribution in [1.82, 2.24) is 0 Å². The standard InChI is InChI=1S/C16H24O4/c1-4-18-15(17)11-10-13-8-7-9-14(12-13)16(19-5-2)20-6-3/h7-9,12,16H,4-6,10-11H2,1-3H3. The van der Waals surface area contributed by atoms with Crippen LogP contribution in [0.2, 0.25) is 0 Å². The Hall–Kier alpha value is -1.39. The topological polar surface area (TPSA) is 44.8 Å². The number of hydrogen-bond donors (Lipinski definition) is 0. The lowest BCUT2D eigenvalue weighted by molar-refractivity contribution is -0.143. The van der Waals surface area contributed by atoms with Crippen molar-refractivity contribution in [2.24, 2.45) is 0 Å². The summed E-state index contributed by atoms with van der Waals surface area (Å²) in [7, 11) is 0. The van der Waals surface area contributed by atoms with Crippen molar-refractivity contribution in [3.05, 3.63) is 35.4 Å². The van der Waals surface area contributed by atoms with Crippen LogP contribution >= 0.6 is 0 Å². The third kappa shape index (κ3) is 5.72. The minimum atomic E-state index is -0.340. The lowest BCUT2D eigenvalue weighted by atomic mass is 10.1. The lowest BCUT2D eigenvalue weighted by Gasteiger charge is -2.17. The van der Waals surface area contributed by atoms with E-state index in [2.05, 4.69) is 0 Å². The molecule has 0 heterocycles. The van der Waals surface area contributed by atoms with Gasteiger partial charge >= 0.3 is 5.97 Å². The van der Waals surface area contributed by atoms with Gasteiger partial charge in [0.05, 0.1) is 6.61 Å². The highest BCUT2D eigenvalue weighted by Gasteiger charge is 2.12. The second-order valence-electron chi connectivity index (χ2n) is 4.29. The molecule has 0 saturated heterocycles. The average molecular weight is 280 g/mol. The zero-order valence-electron chi connectivity index (χ0n) is 12.6. The molecule has 0 amide bonds. The Morgan fingerprint density at radius 1 is 1.10 bits per heavy atom. The van der Waals surface area contributed by atoms with Crippen molar-refractivity contribution in [1.29, 1.82) is 0 Å². The summed E-state index contributed by atoms with van der Waals surface area (Å²) < 4.78 is 16.1. The molecule has 1 aromatic rings. The van der Waals surface area contributed by atoms with E-state index >= 15 is 0 Å². The molecule has 1 aromatic carbocycles. The number of carbonyl (C=O) groups excluding carboxylic acids is 1. The molecule has 0 aliphatic rings. The van der Waals surface area contributed by atoms with Crippen molar-refractivity contribution in [2.45, 2.75) is 39.9 Å². The minimum Gasteiger partial charge on any atom is -0.466 e. The predicted molar refractivity (Wildman–Crippen MR) is 77.4 cm³/mol. The molecular formula is C16H24O4. The average Bonchev–Trinajstić information content (AvgIpc) is 2.45. The van der Waals surface area contributed by atoms with Gasteiger partial charge in [-0.15, -0.1) is 0 Å². The van der Waals surface area contributed by atoms with Gasteiger partial charge in [-0.25, -0.2) is 0 Å². The van der Waals surface area contributed by atoms with E-state index in [9.17, 15) is 4.79 Å². The fourth-order valence-corrected chi connectivity index (χ4v) is 1.92. The van der Waals surface area contributed by atoms with Gasteiger partial charge in [0.1, 0.15) is 0 Å². The highest BCUT2D eigenvalue weighted by atomic mass is 16.7. The summed E-state index contributed by atoms with van der Waals surface area (Å²) in [6.45, 7) is 7.31. The van der Waals surface area contributed by atoms with Crippen LogP contribution in [0.25, 0.3) is 0 Å². The van der Waals surface area contributed by atoms with Crippen LogP contribution in [0, 0.1) is 0 Å². The summed E-state index contributed by atoms with van der Waals surface area (Å²) in [5.41, 5.74) is 2.06. The molecule has 0 spiro atoms. The van der Waals surface area contributed by atoms with Gasteiger partial charge in [0.15, 0.2) is 6.29 Å². The molecule has 0 aliphatic heterocycles. The molecule has 0 bridgehead atoms. The van der Waals surface area contributed by atoms with Crippen LogP contribution in [-0.2, 0) is 25.4 Å². The van der Waals surface area contributed by atoms with Crippen molar-refractivity contribution in [2.75, 3.05) is 19.8 Å². The van der Waals surface area contributed by atoms with Crippen LogP contribution in [0.4, 0.5) is 0 Å². The molecule has 0 atom stereocenters. The van der Waals surface area contributed by atoms with Crippen LogP contribution in [-0.4, -0.2) is 25.8 Å². The van der Waals surface area contributed by atoms with Gasteiger partial charge in [0, 0.05) is 25.2 Å². The highest BCUT2D eigenvalue weighted by molar-refractivity contribution is 5.69. The third-order valence-electron chi connectivity index (χ3n) is 2.78. The Morgan fingerprint density at radius 3 is 2.40 bits per heavy atom. The summed E-state index contributed by atoms with van der Waals surface area (Å²) in [4.78, 5) is 11.4. The van der Waals surface area contributed by atoms with E-state index in [1.54, 1.807) is 0 Å². The van der Waals surface area contributed by atoms with Crippen molar-refractivity contribution >= 4 is 5.97 Å². The van der Waals surface area contributed by atoms with Gasteiger partial charge in [0.2, 0.25) is 0 Å². The van der Waals surface area contributed by atoms with Crippen molar-refractivity contribution < 1.29 is 19.0 Å². The fraction of sp³-hybridized carbons (Fsp3) is 0.562. The molecule has 0 aliphatic carbocycles. The van der Waals surface area contributed by atoms with E-state index in [1.807, 2.05) is 45.0 Å². The number of carbonyl (C=O) groups is 1. The van der Waals surface area contributed by atoms with Crippen molar-refractivity contribution in [3.8, 4) is 0 Å². The number of ether oxygens (including phenoxy) is 3. The van der Waals surface area contributed by atoms with Gasteiger partial charge in [-0.2, -0.15) is 0 Å². The van der Waals surface area contributed by atoms with Crippen LogP contribution < -0.4 is 0 Å². The van der Waals surface area contributed by atoms with Gasteiger partial charge in [0.25, 0.3) is 0 Å². The second kappa shape index (κ2) is 9.50. The third-order valence-corrected chi connectivity index (χ3v) is 2.78. The molecule has 0 radical (unpaired) electrons. The molecule has 1 rings (SSSR count). The first-order valence-electron chi connectivity index (χ1n) is 7.18. The fourth-order valence-electron chi connectivity index (χ4n) is 1.92. The molecule has 0 aromatic heterocycles. The van der Waals surface area contributed by atoms with Crippen molar-refractivity contribution in [3.63, 3.8) is 0 Å². The molecule has 20 heavy (non-hydrogen) atoms. The molecular weight excluding hydrogens is 256 g/mol. The predicted octanol–water partition coefficient (Wildman–Crippen LogP) is 3.25. The summed E-state index contributed by atoms with van der Waals surface area (Å²) in [6, 6.07) is 7.96. The zero-order valence-corrected chi connectivity index (χ0v) is 12.6. The molecule has 0 saturated carbocycles. The maximum absolute atomic E-state index is 11.4. The summed E-state index contributed by atoms with van der Waals surface area (Å²) in [6.07, 6.45) is 0.718. The van der Waals surface area contributed by atoms with Crippen LogP contribution in [0.5, 0.6) is 0 Å². The monoisotopic (exact) mass is 280 g/mol. The van der Waals surface area contributed by atoms with Crippen LogP contribution in [0.15, 0.2) is 24.3 Å². The van der Waals surface area contributed by atoms with Gasteiger partial charge in [-0.05, 0) is 32.8 Å². The Morgan fingerprint density at radius 2 is 1.80 bits per heavy atom. The summed E-state index contributed by atoms with van der Waals surface area (Å²) >= 11 is 0. The van der Waals surface area contributed by atoms with Crippen LogP contribution in [0.3, 0.4) is 0 Å². The van der Waals surface area contributed by atoms with E-state index in [4.69, 9.17) is 14.2 Å². The maximum Gasteiger partial charge on any atom is 0.306 e. The molecule has 0 fully saturated rings. The number of aryl methyl sites for hydroxylation is 1. The van der Waals surface area contributed by atoms with Gasteiger partial charge < -0.3 is 14.2 Å². The highest BCUT2D eigenvalue weighted by Crippen LogP contribution is 2.20. The lowest BCUT2D eigenvalue weighted by Crippen LogP contribution is -2.09. The number of hydrogen-bond acceptors (Lipinski definition) is 4. The zero-order chi connectivity index (χ0) is 14.8. The summed E-state index contributed by atoms with van der Waals surface area (Å²) in [5, 5.41) is 0. The molecule has 0 N–H and O–H groups in total. The molecule has 4 heteroatoms. The quantitative estimate of drug-likeness (QED) is 0.514. The van der Waals surface area contributed by atoms with Gasteiger partial charge in [-0.3, -0.25) is 4.79 Å². The molecule has 4 nitrogen and oxygen atoms in total. The van der Waals surface area contributed by atoms with E-state index in [1.165, 1.54) is 0 Å². The Kier molecular flexibility index (Phi) is 7.92. The Bertz CT molecular complexity index is 397.